The molecule has 3 aromatic rings. The summed E-state index contributed by atoms with van der Waals surface area (Å²) in [6.07, 6.45) is 3.05. The topological polar surface area (TPSA) is 166 Å². The molecule has 12 nitrogen and oxygen atoms in total. The second-order valence-corrected chi connectivity index (χ2v) is 6.91. The molecular weight excluding hydrogens is 406 g/mol. The summed E-state index contributed by atoms with van der Waals surface area (Å²) < 4.78 is 1.16. The molecule has 3 rings (SSSR count). The molecule has 0 fully saturated rings. The monoisotopic (exact) mass is 419 g/mol. The Morgan fingerprint density at radius 3 is 2.86 bits per heavy atom. The van der Waals surface area contributed by atoms with Crippen LogP contribution in [0.25, 0.3) is 0 Å². The van der Waals surface area contributed by atoms with E-state index in [9.17, 15) is 14.9 Å². The molecule has 2 aromatic heterocycles. The summed E-state index contributed by atoms with van der Waals surface area (Å²) in [5.41, 5.74) is 3.26. The lowest BCUT2D eigenvalue weighted by Gasteiger charge is -2.03. The van der Waals surface area contributed by atoms with Crippen LogP contribution in [0.15, 0.2) is 46.1 Å². The van der Waals surface area contributed by atoms with Gasteiger partial charge in [-0.3, -0.25) is 14.9 Å². The molecule has 0 aliphatic heterocycles. The van der Waals surface area contributed by atoms with Gasteiger partial charge in [0.05, 0.1) is 16.9 Å². The van der Waals surface area contributed by atoms with Gasteiger partial charge in [0.2, 0.25) is 11.1 Å². The molecule has 0 saturated carbocycles. The van der Waals surface area contributed by atoms with Crippen LogP contribution in [0.3, 0.4) is 0 Å². The van der Waals surface area contributed by atoms with Crippen LogP contribution < -0.4 is 16.6 Å². The fourth-order valence-corrected chi connectivity index (χ4v) is 3.07. The minimum atomic E-state index is -0.480. The van der Waals surface area contributed by atoms with E-state index in [0.29, 0.717) is 15.9 Å². The van der Waals surface area contributed by atoms with Gasteiger partial charge in [0, 0.05) is 23.7 Å². The minimum Gasteiger partial charge on any atom is -0.334 e. The Hall–Kier alpha value is -3.52. The number of hydrogen-bond acceptors (Lipinski definition) is 11. The number of nitro benzene ring substituents is 1. The van der Waals surface area contributed by atoms with Crippen LogP contribution >= 0.6 is 23.1 Å². The number of rotatable bonds is 8. The van der Waals surface area contributed by atoms with Crippen LogP contribution in [0.2, 0.25) is 0 Å². The molecule has 14 heteroatoms. The van der Waals surface area contributed by atoms with Crippen LogP contribution in [-0.4, -0.2) is 42.7 Å². The van der Waals surface area contributed by atoms with Crippen molar-refractivity contribution in [2.45, 2.75) is 5.16 Å². The Kier molecular flexibility index (Phi) is 6.13. The van der Waals surface area contributed by atoms with Gasteiger partial charge in [-0.05, 0) is 17.7 Å². The number of nitro groups is 1. The summed E-state index contributed by atoms with van der Waals surface area (Å²) in [6, 6.07) is 5.86. The number of hydrazone groups is 1. The Balaban J connectivity index is 1.52. The number of anilines is 2. The zero-order valence-electron chi connectivity index (χ0n) is 14.1. The molecule has 0 saturated heterocycles. The number of hydrogen-bond donors (Lipinski definition) is 3. The van der Waals surface area contributed by atoms with Crippen LogP contribution in [0.1, 0.15) is 5.56 Å². The Bertz CT molecular complexity index is 986. The molecule has 4 N–H and O–H groups in total. The highest BCUT2D eigenvalue weighted by molar-refractivity contribution is 7.99. The summed E-state index contributed by atoms with van der Waals surface area (Å²) >= 11 is 2.43. The molecule has 0 unspecified atom stereocenters. The number of nitrogens with two attached hydrogens (primary N) is 1. The van der Waals surface area contributed by atoms with Crippen molar-refractivity contribution in [3.63, 3.8) is 0 Å². The van der Waals surface area contributed by atoms with Gasteiger partial charge >= 0.3 is 0 Å². The second kappa shape index (κ2) is 8.92. The van der Waals surface area contributed by atoms with Crippen LogP contribution in [0.4, 0.5) is 16.8 Å². The van der Waals surface area contributed by atoms with Gasteiger partial charge in [0.15, 0.2) is 5.13 Å². The van der Waals surface area contributed by atoms with E-state index in [1.54, 1.807) is 23.7 Å². The van der Waals surface area contributed by atoms with Gasteiger partial charge in [-0.2, -0.15) is 5.10 Å². The molecule has 0 bridgehead atoms. The fraction of sp³-hybridized carbons (Fsp3) is 0.0714. The molecule has 1 amide bonds. The van der Waals surface area contributed by atoms with Crippen molar-refractivity contribution in [2.24, 2.45) is 5.10 Å². The maximum Gasteiger partial charge on any atom is 0.269 e. The van der Waals surface area contributed by atoms with E-state index < -0.39 is 4.92 Å². The van der Waals surface area contributed by atoms with E-state index in [1.807, 2.05) is 0 Å². The van der Waals surface area contributed by atoms with Gasteiger partial charge in [0.25, 0.3) is 11.6 Å². The Morgan fingerprint density at radius 2 is 2.18 bits per heavy atom. The average molecular weight is 419 g/mol. The maximum absolute atomic E-state index is 11.9. The molecule has 28 heavy (non-hydrogen) atoms. The SMILES string of the molecule is Nn1c(N/N=C/c2ccc([N+](=O)[O-])cc2)nnc1SCC(=O)Nc1nccs1. The Labute approximate surface area is 166 Å². The van der Waals surface area contributed by atoms with Crippen molar-refractivity contribution in [2.75, 3.05) is 22.3 Å². The first-order chi connectivity index (χ1) is 13.5. The van der Waals surface area contributed by atoms with Gasteiger partial charge < -0.3 is 11.2 Å². The number of carbonyl (C=O) groups is 1. The first kappa shape index (κ1) is 19.2. The van der Waals surface area contributed by atoms with Gasteiger partial charge in [-0.15, -0.1) is 21.5 Å². The molecule has 0 aliphatic rings. The largest absolute Gasteiger partial charge is 0.334 e. The average Bonchev–Trinajstić information content (AvgIpc) is 3.31. The first-order valence-corrected chi connectivity index (χ1v) is 9.45. The summed E-state index contributed by atoms with van der Waals surface area (Å²) in [7, 11) is 0. The van der Waals surface area contributed by atoms with Crippen molar-refractivity contribution in [1.82, 2.24) is 19.9 Å². The summed E-state index contributed by atoms with van der Waals surface area (Å²) in [4.78, 5) is 26.0. The van der Waals surface area contributed by atoms with E-state index in [1.165, 1.54) is 29.7 Å². The third-order valence-electron chi connectivity index (χ3n) is 3.16. The van der Waals surface area contributed by atoms with Gasteiger partial charge in [0.1, 0.15) is 0 Å². The lowest BCUT2D eigenvalue weighted by molar-refractivity contribution is -0.384. The highest BCUT2D eigenvalue weighted by Crippen LogP contribution is 2.18. The molecule has 0 aliphatic carbocycles. The predicted molar refractivity (Wildman–Crippen MR) is 106 cm³/mol. The highest BCUT2D eigenvalue weighted by atomic mass is 32.2. The van der Waals surface area contributed by atoms with Crippen molar-refractivity contribution in [3.05, 3.63) is 51.5 Å². The number of amides is 1. The normalized spacial score (nSPS) is 10.9. The Morgan fingerprint density at radius 1 is 1.39 bits per heavy atom. The number of non-ortho nitro benzene ring substituents is 1. The van der Waals surface area contributed by atoms with Crippen molar-refractivity contribution < 1.29 is 9.72 Å². The van der Waals surface area contributed by atoms with E-state index in [2.05, 4.69) is 31.0 Å². The highest BCUT2D eigenvalue weighted by Gasteiger charge is 2.12. The lowest BCUT2D eigenvalue weighted by Crippen LogP contribution is -2.16. The van der Waals surface area contributed by atoms with E-state index in [0.717, 1.165) is 16.4 Å². The lowest BCUT2D eigenvalue weighted by atomic mass is 10.2. The molecule has 2 heterocycles. The summed E-state index contributed by atoms with van der Waals surface area (Å²) in [6.45, 7) is 0. The molecule has 1 aromatic carbocycles. The molecular formula is C14H13N9O3S2. The summed E-state index contributed by atoms with van der Waals surface area (Å²) in [5.74, 6) is 5.89. The first-order valence-electron chi connectivity index (χ1n) is 7.59. The van der Waals surface area contributed by atoms with Crippen molar-refractivity contribution in [1.29, 1.82) is 0 Å². The van der Waals surface area contributed by atoms with Crippen molar-refractivity contribution >= 4 is 52.0 Å². The maximum atomic E-state index is 11.9. The quantitative estimate of drug-likeness (QED) is 0.161. The minimum absolute atomic E-state index is 0.00706. The van der Waals surface area contributed by atoms with Gasteiger partial charge in [-0.25, -0.2) is 15.1 Å². The molecule has 144 valence electrons. The van der Waals surface area contributed by atoms with Crippen LogP contribution in [0, 0.1) is 10.1 Å². The number of benzene rings is 1. The number of nitrogen functional groups attached to an aromatic ring is 1. The third kappa shape index (κ3) is 5.01. The van der Waals surface area contributed by atoms with Crippen molar-refractivity contribution in [3.8, 4) is 0 Å². The number of thiazole rings is 1. The van der Waals surface area contributed by atoms with E-state index in [4.69, 9.17) is 5.84 Å². The van der Waals surface area contributed by atoms with E-state index >= 15 is 0 Å². The van der Waals surface area contributed by atoms with Gasteiger partial charge in [-0.1, -0.05) is 11.8 Å². The summed E-state index contributed by atoms with van der Waals surface area (Å²) in [5, 5.41) is 27.6. The molecule has 0 atom stereocenters. The van der Waals surface area contributed by atoms with E-state index in [-0.39, 0.29) is 23.3 Å². The zero-order chi connectivity index (χ0) is 19.9. The second-order valence-electron chi connectivity index (χ2n) is 5.07. The van der Waals surface area contributed by atoms with Crippen LogP contribution in [-0.2, 0) is 4.79 Å². The standard InChI is InChI=1S/C14H13N9O3S2/c15-22-12(19-17-7-9-1-3-10(4-2-9)23(25)26)20-21-14(22)28-8-11(24)18-13-16-5-6-27-13/h1-7H,8,15H2,(H,19,20)(H,16,18,24)/b17-7+. The molecule has 0 radical (unpaired) electrons. The number of aromatic nitrogens is 4. The van der Waals surface area contributed by atoms with Crippen LogP contribution in [0.5, 0.6) is 0 Å². The zero-order valence-corrected chi connectivity index (χ0v) is 15.7. The third-order valence-corrected chi connectivity index (χ3v) is 4.79. The fourth-order valence-electron chi connectivity index (χ4n) is 1.87. The molecule has 0 spiro atoms. The number of nitrogens with zero attached hydrogens (tertiary/aromatic N) is 6. The number of nitrogens with one attached hydrogen (secondary N) is 2. The number of thioether (sulfide) groups is 1. The number of carbonyl (C=O) groups excluding carboxylic acids is 1. The predicted octanol–water partition coefficient (Wildman–Crippen LogP) is 1.53. The smallest absolute Gasteiger partial charge is 0.269 e.